The first kappa shape index (κ1) is 22.1. The first-order chi connectivity index (χ1) is 15.9. The van der Waals surface area contributed by atoms with E-state index < -0.39 is 10.0 Å². The molecule has 0 atom stereocenters. The zero-order valence-corrected chi connectivity index (χ0v) is 20.0. The largest absolute Gasteiger partial charge is 0.493 e. The van der Waals surface area contributed by atoms with Gasteiger partial charge in [0.05, 0.1) is 22.6 Å². The molecule has 0 radical (unpaired) electrons. The van der Waals surface area contributed by atoms with Crippen molar-refractivity contribution in [3.05, 3.63) is 75.9 Å². The van der Waals surface area contributed by atoms with Gasteiger partial charge in [-0.25, -0.2) is 18.5 Å². The summed E-state index contributed by atoms with van der Waals surface area (Å²) in [7, 11) is -3.73. The number of rotatable bonds is 8. The maximum absolute atomic E-state index is 13.6. The molecule has 0 amide bonds. The summed E-state index contributed by atoms with van der Waals surface area (Å²) in [5.41, 5.74) is 1.88. The van der Waals surface area contributed by atoms with Crippen LogP contribution in [0.25, 0.3) is 15.9 Å². The van der Waals surface area contributed by atoms with E-state index in [4.69, 9.17) is 14.9 Å². The van der Waals surface area contributed by atoms with Gasteiger partial charge in [0, 0.05) is 5.75 Å². The molecule has 1 saturated carbocycles. The van der Waals surface area contributed by atoms with Crippen LogP contribution in [0.5, 0.6) is 5.75 Å². The van der Waals surface area contributed by atoms with Crippen LogP contribution >= 0.6 is 23.1 Å². The van der Waals surface area contributed by atoms with Gasteiger partial charge in [0.25, 0.3) is 5.56 Å². The molecule has 0 saturated heterocycles. The van der Waals surface area contributed by atoms with Gasteiger partial charge in [-0.15, -0.1) is 11.3 Å². The Morgan fingerprint density at radius 2 is 1.85 bits per heavy atom. The summed E-state index contributed by atoms with van der Waals surface area (Å²) in [5.74, 6) is 1.58. The Kier molecular flexibility index (Phi) is 6.00. The smallest absolute Gasteiger partial charge is 0.267 e. The molecule has 5 rings (SSSR count). The lowest BCUT2D eigenvalue weighted by Gasteiger charge is -2.13. The Balaban J connectivity index is 1.38. The fraction of sp³-hybridized carbons (Fsp3) is 0.217. The van der Waals surface area contributed by atoms with Crippen molar-refractivity contribution in [2.24, 2.45) is 5.14 Å². The lowest BCUT2D eigenvalue weighted by Crippen LogP contribution is -2.22. The molecule has 2 heterocycles. The van der Waals surface area contributed by atoms with E-state index >= 15 is 0 Å². The standard InChI is InChI=1S/C23H21N3O4S3/c24-33(28,29)18-10-8-17(9-11-18)30-12-13-31-23-25-21-20(19(14-32-21)15-6-7-15)22(27)26(23)16-4-2-1-3-5-16/h1-5,8-11,14-15H,6-7,12-13H2,(H2,24,28,29). The minimum Gasteiger partial charge on any atom is -0.493 e. The molecule has 0 bridgehead atoms. The molecule has 0 spiro atoms. The normalized spacial score (nSPS) is 14.0. The van der Waals surface area contributed by atoms with E-state index in [9.17, 15) is 13.2 Å². The molecule has 1 fully saturated rings. The Morgan fingerprint density at radius 1 is 1.12 bits per heavy atom. The monoisotopic (exact) mass is 499 g/mol. The Labute approximate surface area is 199 Å². The highest BCUT2D eigenvalue weighted by atomic mass is 32.2. The van der Waals surface area contributed by atoms with Crippen LogP contribution in [-0.2, 0) is 10.0 Å². The number of hydrogen-bond acceptors (Lipinski definition) is 7. The van der Waals surface area contributed by atoms with Crippen LogP contribution in [0.1, 0.15) is 24.3 Å². The highest BCUT2D eigenvalue weighted by Crippen LogP contribution is 2.44. The van der Waals surface area contributed by atoms with Gasteiger partial charge in [0.15, 0.2) is 5.16 Å². The Hall–Kier alpha value is -2.66. The number of benzene rings is 2. The molecule has 7 nitrogen and oxygen atoms in total. The number of thiophene rings is 1. The second-order valence-corrected chi connectivity index (χ2v) is 11.2. The van der Waals surface area contributed by atoms with Crippen LogP contribution in [0.15, 0.2) is 74.8 Å². The minimum absolute atomic E-state index is 0.0312. The fourth-order valence-corrected chi connectivity index (χ4v) is 6.01. The summed E-state index contributed by atoms with van der Waals surface area (Å²) in [6.45, 7) is 0.361. The lowest BCUT2D eigenvalue weighted by molar-refractivity contribution is 0.343. The van der Waals surface area contributed by atoms with Crippen LogP contribution < -0.4 is 15.4 Å². The number of ether oxygens (including phenoxy) is 1. The average molecular weight is 500 g/mol. The van der Waals surface area contributed by atoms with Crippen molar-refractivity contribution in [3.8, 4) is 11.4 Å². The number of thioether (sulfide) groups is 1. The maximum Gasteiger partial charge on any atom is 0.267 e. The van der Waals surface area contributed by atoms with E-state index in [1.807, 2.05) is 30.3 Å². The zero-order chi connectivity index (χ0) is 23.0. The molecule has 1 aliphatic rings. The summed E-state index contributed by atoms with van der Waals surface area (Å²) < 4.78 is 30.2. The maximum atomic E-state index is 13.6. The summed E-state index contributed by atoms with van der Waals surface area (Å²) in [6.07, 6.45) is 2.26. The van der Waals surface area contributed by atoms with E-state index in [0.29, 0.717) is 29.2 Å². The SMILES string of the molecule is NS(=O)(=O)c1ccc(OCCSc2nc3scc(C4CC4)c3c(=O)n2-c2ccccc2)cc1. The first-order valence-corrected chi connectivity index (χ1v) is 13.8. The van der Waals surface area contributed by atoms with Gasteiger partial charge in [-0.05, 0) is 66.1 Å². The van der Waals surface area contributed by atoms with E-state index in [0.717, 1.165) is 34.3 Å². The van der Waals surface area contributed by atoms with Crippen molar-refractivity contribution in [2.45, 2.75) is 28.8 Å². The molecule has 2 N–H and O–H groups in total. The van der Waals surface area contributed by atoms with Gasteiger partial charge in [0.2, 0.25) is 10.0 Å². The molecule has 0 unspecified atom stereocenters. The molecule has 2 aromatic heterocycles. The Bertz CT molecular complexity index is 1460. The number of hydrogen-bond donors (Lipinski definition) is 1. The topological polar surface area (TPSA) is 104 Å². The second kappa shape index (κ2) is 8.94. The summed E-state index contributed by atoms with van der Waals surface area (Å²) in [6, 6.07) is 15.5. The predicted octanol–water partition coefficient (Wildman–Crippen LogP) is 4.14. The van der Waals surface area contributed by atoms with Gasteiger partial charge in [-0.3, -0.25) is 9.36 Å². The number of sulfonamides is 1. The number of para-hydroxylation sites is 1. The van der Waals surface area contributed by atoms with Gasteiger partial charge in [0.1, 0.15) is 10.6 Å². The van der Waals surface area contributed by atoms with E-state index in [1.165, 1.54) is 35.2 Å². The van der Waals surface area contributed by atoms with Gasteiger partial charge >= 0.3 is 0 Å². The lowest BCUT2D eigenvalue weighted by atomic mass is 10.1. The summed E-state index contributed by atoms with van der Waals surface area (Å²) in [5, 5.41) is 8.56. The second-order valence-electron chi connectivity index (χ2n) is 7.73. The van der Waals surface area contributed by atoms with Crippen LogP contribution in [-0.4, -0.2) is 30.3 Å². The summed E-state index contributed by atoms with van der Waals surface area (Å²) >= 11 is 2.97. The van der Waals surface area contributed by atoms with Crippen LogP contribution in [0, 0.1) is 0 Å². The molecule has 4 aromatic rings. The third-order valence-corrected chi connectivity index (χ3v) is 8.10. The van der Waals surface area contributed by atoms with Crippen molar-refractivity contribution < 1.29 is 13.2 Å². The quantitative estimate of drug-likeness (QED) is 0.222. The van der Waals surface area contributed by atoms with Crippen molar-refractivity contribution in [1.82, 2.24) is 9.55 Å². The fourth-order valence-electron chi connectivity index (χ4n) is 3.61. The molecule has 10 heteroatoms. The Morgan fingerprint density at radius 3 is 2.52 bits per heavy atom. The molecular formula is C23H21N3O4S3. The zero-order valence-electron chi connectivity index (χ0n) is 17.5. The van der Waals surface area contributed by atoms with Crippen LogP contribution in [0.2, 0.25) is 0 Å². The number of nitrogens with zero attached hydrogens (tertiary/aromatic N) is 2. The van der Waals surface area contributed by atoms with E-state index in [2.05, 4.69) is 5.38 Å². The van der Waals surface area contributed by atoms with Crippen molar-refractivity contribution in [3.63, 3.8) is 0 Å². The molecule has 2 aromatic carbocycles. The third kappa shape index (κ3) is 4.70. The van der Waals surface area contributed by atoms with E-state index in [-0.39, 0.29) is 10.5 Å². The average Bonchev–Trinajstić information content (AvgIpc) is 3.56. The first-order valence-electron chi connectivity index (χ1n) is 10.4. The molecule has 33 heavy (non-hydrogen) atoms. The van der Waals surface area contributed by atoms with Crippen LogP contribution in [0.4, 0.5) is 0 Å². The number of aromatic nitrogens is 2. The highest BCUT2D eigenvalue weighted by molar-refractivity contribution is 7.99. The molecule has 1 aliphatic carbocycles. The van der Waals surface area contributed by atoms with Crippen LogP contribution in [0.3, 0.4) is 0 Å². The van der Waals surface area contributed by atoms with Gasteiger partial charge in [-0.1, -0.05) is 30.0 Å². The predicted molar refractivity (Wildman–Crippen MR) is 131 cm³/mol. The molecule has 0 aliphatic heterocycles. The number of fused-ring (bicyclic) bond motifs is 1. The van der Waals surface area contributed by atoms with Crippen molar-refractivity contribution >= 4 is 43.3 Å². The highest BCUT2D eigenvalue weighted by Gasteiger charge is 2.29. The number of nitrogens with two attached hydrogens (primary N) is 1. The van der Waals surface area contributed by atoms with Crippen molar-refractivity contribution in [1.29, 1.82) is 0 Å². The summed E-state index contributed by atoms with van der Waals surface area (Å²) in [4.78, 5) is 19.2. The minimum atomic E-state index is -3.73. The van der Waals surface area contributed by atoms with Gasteiger partial charge in [-0.2, -0.15) is 0 Å². The third-order valence-electron chi connectivity index (χ3n) is 5.37. The van der Waals surface area contributed by atoms with Gasteiger partial charge < -0.3 is 4.74 Å². The van der Waals surface area contributed by atoms with E-state index in [1.54, 1.807) is 16.7 Å². The van der Waals surface area contributed by atoms with Crippen molar-refractivity contribution in [2.75, 3.05) is 12.4 Å². The molecular weight excluding hydrogens is 478 g/mol. The molecule has 170 valence electrons. The number of primary sulfonamides is 1.